The van der Waals surface area contributed by atoms with Crippen LogP contribution in [0.2, 0.25) is 0 Å². The third kappa shape index (κ3) is 3.16. The normalized spacial score (nSPS) is 10.7. The van der Waals surface area contributed by atoms with E-state index in [2.05, 4.69) is 103 Å². The van der Waals surface area contributed by atoms with Crippen molar-refractivity contribution in [3.8, 4) is 33.4 Å². The molecule has 0 radical (unpaired) electrons. The van der Waals surface area contributed by atoms with Gasteiger partial charge < -0.3 is 0 Å². The molecule has 3 aromatic carbocycles. The van der Waals surface area contributed by atoms with Crippen molar-refractivity contribution in [2.45, 2.75) is 13.8 Å². The van der Waals surface area contributed by atoms with Crippen molar-refractivity contribution in [3.63, 3.8) is 0 Å². The summed E-state index contributed by atoms with van der Waals surface area (Å²) < 4.78 is 0. The average molecular weight is 335 g/mol. The monoisotopic (exact) mass is 335 g/mol. The van der Waals surface area contributed by atoms with Crippen LogP contribution in [0.25, 0.3) is 33.4 Å². The van der Waals surface area contributed by atoms with Crippen LogP contribution < -0.4 is 0 Å². The Kier molecular flexibility index (Phi) is 4.37. The van der Waals surface area contributed by atoms with E-state index in [4.69, 9.17) is 0 Å². The lowest BCUT2D eigenvalue weighted by molar-refractivity contribution is 1.13. The minimum atomic E-state index is 1.05. The molecule has 126 valence electrons. The second kappa shape index (κ2) is 6.97. The van der Waals surface area contributed by atoms with Gasteiger partial charge in [0.1, 0.15) is 0 Å². The smallest absolute Gasteiger partial charge is 0.0454 e. The molecule has 26 heavy (non-hydrogen) atoms. The zero-order chi connectivity index (χ0) is 17.9. The summed E-state index contributed by atoms with van der Waals surface area (Å²) in [5.74, 6) is 0. The first-order valence-corrected chi connectivity index (χ1v) is 8.92. The summed E-state index contributed by atoms with van der Waals surface area (Å²) in [4.78, 5) is 4.63. The van der Waals surface area contributed by atoms with Gasteiger partial charge in [0.15, 0.2) is 0 Å². The summed E-state index contributed by atoms with van der Waals surface area (Å²) in [5, 5.41) is 0. The topological polar surface area (TPSA) is 12.9 Å². The Morgan fingerprint density at radius 2 is 1.08 bits per heavy atom. The minimum absolute atomic E-state index is 1.05. The van der Waals surface area contributed by atoms with Crippen LogP contribution in [-0.4, -0.2) is 4.98 Å². The van der Waals surface area contributed by atoms with E-state index in [-0.39, 0.29) is 0 Å². The second-order valence-electron chi connectivity index (χ2n) is 6.58. The number of benzene rings is 3. The van der Waals surface area contributed by atoms with E-state index >= 15 is 0 Å². The van der Waals surface area contributed by atoms with Gasteiger partial charge >= 0.3 is 0 Å². The maximum Gasteiger partial charge on any atom is 0.0454 e. The van der Waals surface area contributed by atoms with Crippen LogP contribution in [-0.2, 0) is 0 Å². The number of aromatic nitrogens is 1. The van der Waals surface area contributed by atoms with Gasteiger partial charge in [0.25, 0.3) is 0 Å². The predicted molar refractivity (Wildman–Crippen MR) is 110 cm³/mol. The standard InChI is InChI=1S/C25H21N/c1-18-13-15-23(19(2)26-18)22-14-16-24(20-9-5-3-6-10-20)25(17-22)21-11-7-4-8-12-21/h3-17H,1-2H3. The van der Waals surface area contributed by atoms with Crippen molar-refractivity contribution in [1.29, 1.82) is 0 Å². The highest BCUT2D eigenvalue weighted by Gasteiger charge is 2.11. The van der Waals surface area contributed by atoms with Crippen molar-refractivity contribution in [1.82, 2.24) is 4.98 Å². The molecule has 1 aromatic heterocycles. The molecule has 0 saturated carbocycles. The average Bonchev–Trinajstić information content (AvgIpc) is 2.69. The Morgan fingerprint density at radius 1 is 0.500 bits per heavy atom. The first kappa shape index (κ1) is 16.3. The molecule has 1 nitrogen and oxygen atoms in total. The van der Waals surface area contributed by atoms with Crippen molar-refractivity contribution in [3.05, 3.63) is 102 Å². The molecule has 0 bridgehead atoms. The van der Waals surface area contributed by atoms with Crippen LogP contribution >= 0.6 is 0 Å². The van der Waals surface area contributed by atoms with E-state index in [0.717, 1.165) is 11.4 Å². The number of aryl methyl sites for hydroxylation is 2. The molecule has 0 fully saturated rings. The van der Waals surface area contributed by atoms with E-state index < -0.39 is 0 Å². The molecule has 0 aliphatic carbocycles. The fourth-order valence-corrected chi connectivity index (χ4v) is 3.43. The van der Waals surface area contributed by atoms with E-state index in [1.54, 1.807) is 0 Å². The highest BCUT2D eigenvalue weighted by Crippen LogP contribution is 2.36. The van der Waals surface area contributed by atoms with Gasteiger partial charge in [-0.25, -0.2) is 0 Å². The number of rotatable bonds is 3. The molecule has 0 unspecified atom stereocenters. The largest absolute Gasteiger partial charge is 0.258 e. The number of hydrogen-bond donors (Lipinski definition) is 0. The predicted octanol–water partition coefficient (Wildman–Crippen LogP) is 6.70. The minimum Gasteiger partial charge on any atom is -0.258 e. The maximum absolute atomic E-state index is 4.63. The highest BCUT2D eigenvalue weighted by molar-refractivity contribution is 5.87. The SMILES string of the molecule is Cc1ccc(-c2ccc(-c3ccccc3)c(-c3ccccc3)c2)c(C)n1. The molecule has 1 heterocycles. The third-order valence-corrected chi connectivity index (χ3v) is 4.73. The summed E-state index contributed by atoms with van der Waals surface area (Å²) in [6.07, 6.45) is 0. The first-order valence-electron chi connectivity index (χ1n) is 8.92. The van der Waals surface area contributed by atoms with E-state index in [1.165, 1.54) is 33.4 Å². The van der Waals surface area contributed by atoms with Crippen LogP contribution in [0, 0.1) is 13.8 Å². The van der Waals surface area contributed by atoms with Crippen molar-refractivity contribution < 1.29 is 0 Å². The van der Waals surface area contributed by atoms with Gasteiger partial charge in [0, 0.05) is 17.0 Å². The van der Waals surface area contributed by atoms with Crippen LogP contribution in [0.15, 0.2) is 91.0 Å². The van der Waals surface area contributed by atoms with Gasteiger partial charge in [-0.2, -0.15) is 0 Å². The molecule has 1 heteroatoms. The van der Waals surface area contributed by atoms with Crippen LogP contribution in [0.4, 0.5) is 0 Å². The molecule has 0 spiro atoms. The Hall–Kier alpha value is -3.19. The van der Waals surface area contributed by atoms with Crippen molar-refractivity contribution >= 4 is 0 Å². The molecular formula is C25H21N. The summed E-state index contributed by atoms with van der Waals surface area (Å²) in [6, 6.07) is 32.1. The number of nitrogens with zero attached hydrogens (tertiary/aromatic N) is 1. The van der Waals surface area contributed by atoms with Gasteiger partial charge in [0.2, 0.25) is 0 Å². The maximum atomic E-state index is 4.63. The summed E-state index contributed by atoms with van der Waals surface area (Å²) in [5.41, 5.74) is 9.46. The lowest BCUT2D eigenvalue weighted by atomic mass is 9.91. The van der Waals surface area contributed by atoms with Crippen molar-refractivity contribution in [2.24, 2.45) is 0 Å². The Bertz CT molecular complexity index is 1030. The highest BCUT2D eigenvalue weighted by atomic mass is 14.7. The molecule has 0 amide bonds. The van der Waals surface area contributed by atoms with Crippen LogP contribution in [0.3, 0.4) is 0 Å². The van der Waals surface area contributed by atoms with Gasteiger partial charge in [-0.3, -0.25) is 4.98 Å². The Morgan fingerprint density at radius 3 is 1.69 bits per heavy atom. The molecule has 0 N–H and O–H groups in total. The van der Waals surface area contributed by atoms with Gasteiger partial charge in [-0.05, 0) is 53.8 Å². The summed E-state index contributed by atoms with van der Waals surface area (Å²) in [7, 11) is 0. The number of hydrogen-bond acceptors (Lipinski definition) is 1. The zero-order valence-corrected chi connectivity index (χ0v) is 15.1. The van der Waals surface area contributed by atoms with E-state index in [0.29, 0.717) is 0 Å². The van der Waals surface area contributed by atoms with Gasteiger partial charge in [-0.1, -0.05) is 78.9 Å². The molecule has 0 saturated heterocycles. The molecule has 0 atom stereocenters. The fraction of sp³-hybridized carbons (Fsp3) is 0.0800. The van der Waals surface area contributed by atoms with Crippen molar-refractivity contribution in [2.75, 3.05) is 0 Å². The molecule has 4 rings (SSSR count). The van der Waals surface area contributed by atoms with Crippen LogP contribution in [0.5, 0.6) is 0 Å². The quantitative estimate of drug-likeness (QED) is 0.406. The number of pyridine rings is 1. The van der Waals surface area contributed by atoms with E-state index in [1.807, 2.05) is 6.92 Å². The fourth-order valence-electron chi connectivity index (χ4n) is 3.43. The second-order valence-corrected chi connectivity index (χ2v) is 6.58. The zero-order valence-electron chi connectivity index (χ0n) is 15.1. The molecular weight excluding hydrogens is 314 g/mol. The lowest BCUT2D eigenvalue weighted by Crippen LogP contribution is -1.92. The van der Waals surface area contributed by atoms with Gasteiger partial charge in [0.05, 0.1) is 0 Å². The molecule has 0 aliphatic heterocycles. The Labute approximate surface area is 155 Å². The molecule has 0 aliphatic rings. The first-order chi connectivity index (χ1) is 12.7. The van der Waals surface area contributed by atoms with Gasteiger partial charge in [-0.15, -0.1) is 0 Å². The van der Waals surface area contributed by atoms with E-state index in [9.17, 15) is 0 Å². The van der Waals surface area contributed by atoms with Crippen LogP contribution in [0.1, 0.15) is 11.4 Å². The Balaban J connectivity index is 1.92. The molecule has 4 aromatic rings. The summed E-state index contributed by atoms with van der Waals surface area (Å²) >= 11 is 0. The lowest BCUT2D eigenvalue weighted by Gasteiger charge is -2.14. The summed E-state index contributed by atoms with van der Waals surface area (Å²) in [6.45, 7) is 4.11. The third-order valence-electron chi connectivity index (χ3n) is 4.73.